The topological polar surface area (TPSA) is 56.7 Å². The molecular formula is C52H50IrN4OSi-2. The Labute approximate surface area is 363 Å². The van der Waals surface area contributed by atoms with Crippen molar-refractivity contribution in [3.8, 4) is 39.5 Å². The van der Waals surface area contributed by atoms with Gasteiger partial charge in [-0.3, -0.25) is 9.97 Å². The van der Waals surface area contributed by atoms with Crippen LogP contribution in [0.2, 0.25) is 19.6 Å². The first kappa shape index (κ1) is 41.7. The maximum absolute atomic E-state index is 6.51. The molecule has 59 heavy (non-hydrogen) atoms. The van der Waals surface area contributed by atoms with Crippen molar-refractivity contribution >= 4 is 46.2 Å². The molecule has 0 saturated heterocycles. The van der Waals surface area contributed by atoms with E-state index in [1.807, 2.05) is 37.5 Å². The van der Waals surface area contributed by atoms with Crippen molar-refractivity contribution in [3.05, 3.63) is 162 Å². The summed E-state index contributed by atoms with van der Waals surface area (Å²) < 4.78 is 8.86. The average Bonchev–Trinajstić information content (AvgIpc) is 3.79. The van der Waals surface area contributed by atoms with E-state index in [1.165, 1.54) is 38.7 Å². The zero-order chi connectivity index (χ0) is 40.7. The zero-order valence-electron chi connectivity index (χ0n) is 35.3. The molecule has 0 aliphatic carbocycles. The third-order valence-corrected chi connectivity index (χ3v) is 12.9. The summed E-state index contributed by atoms with van der Waals surface area (Å²) in [6.07, 6.45) is 3.93. The monoisotopic (exact) mass is 967 g/mol. The molecule has 0 saturated carbocycles. The van der Waals surface area contributed by atoms with E-state index in [0.717, 1.165) is 61.3 Å². The van der Waals surface area contributed by atoms with Crippen molar-refractivity contribution in [2.45, 2.75) is 73.0 Å². The number of fused-ring (bicyclic) bond motifs is 4. The number of imidazole rings is 1. The summed E-state index contributed by atoms with van der Waals surface area (Å²) in [4.78, 5) is 14.3. The van der Waals surface area contributed by atoms with E-state index in [2.05, 4.69) is 178 Å². The van der Waals surface area contributed by atoms with Gasteiger partial charge in [0.05, 0.1) is 30.5 Å². The second-order valence-electron chi connectivity index (χ2n) is 16.9. The Balaban J connectivity index is 0.000000247. The van der Waals surface area contributed by atoms with Crippen LogP contribution in [0.3, 0.4) is 0 Å². The maximum atomic E-state index is 6.51. The predicted molar refractivity (Wildman–Crippen MR) is 245 cm³/mol. The van der Waals surface area contributed by atoms with Crippen molar-refractivity contribution in [1.82, 2.24) is 19.5 Å². The molecule has 0 atom stereocenters. The minimum absolute atomic E-state index is 0. The number of benzene rings is 5. The van der Waals surface area contributed by atoms with E-state index in [1.54, 1.807) is 0 Å². The van der Waals surface area contributed by atoms with Crippen LogP contribution >= 0.6 is 0 Å². The van der Waals surface area contributed by atoms with Gasteiger partial charge in [0.1, 0.15) is 5.58 Å². The fourth-order valence-corrected chi connectivity index (χ4v) is 8.63. The SMILES string of the molecule is Cc1c[c-]c(-c2ccc([Si](C)(C)C)cn2)cc1.Cc1cc2oc3c(-c4nc5ccccc5n4-c4c(C(C)C)cc(-c5ccccc5)cc4C(C)C)[c-]ccc3c2cn1.[Ir]. The largest absolute Gasteiger partial charge is 0.500 e. The van der Waals surface area contributed by atoms with Gasteiger partial charge in [0.2, 0.25) is 0 Å². The third kappa shape index (κ3) is 8.38. The van der Waals surface area contributed by atoms with Crippen molar-refractivity contribution in [1.29, 1.82) is 0 Å². The smallest absolute Gasteiger partial charge is 0.124 e. The molecule has 9 aromatic rings. The first-order valence-corrected chi connectivity index (χ1v) is 23.7. The van der Waals surface area contributed by atoms with E-state index in [-0.39, 0.29) is 20.1 Å². The van der Waals surface area contributed by atoms with Crippen LogP contribution in [0.1, 0.15) is 61.9 Å². The van der Waals surface area contributed by atoms with Gasteiger partial charge in [0, 0.05) is 55.3 Å². The molecule has 0 spiro atoms. The van der Waals surface area contributed by atoms with E-state index in [0.29, 0.717) is 11.8 Å². The number of aromatic nitrogens is 4. The fourth-order valence-electron chi connectivity index (χ4n) is 7.59. The normalized spacial score (nSPS) is 11.6. The first-order valence-electron chi connectivity index (χ1n) is 20.2. The Morgan fingerprint density at radius 3 is 2.05 bits per heavy atom. The minimum Gasteiger partial charge on any atom is -0.500 e. The number of aryl methyl sites for hydroxylation is 2. The molecule has 0 unspecified atom stereocenters. The van der Waals surface area contributed by atoms with Crippen LogP contribution < -0.4 is 5.19 Å². The minimum atomic E-state index is -1.24. The number of hydrogen-bond donors (Lipinski definition) is 0. The number of rotatable bonds is 7. The van der Waals surface area contributed by atoms with Crippen molar-refractivity contribution < 1.29 is 24.5 Å². The van der Waals surface area contributed by atoms with E-state index in [4.69, 9.17) is 9.40 Å². The van der Waals surface area contributed by atoms with Crippen LogP contribution in [0.5, 0.6) is 0 Å². The Morgan fingerprint density at radius 1 is 0.695 bits per heavy atom. The van der Waals surface area contributed by atoms with Gasteiger partial charge in [-0.25, -0.2) is 0 Å². The molecule has 4 heterocycles. The van der Waals surface area contributed by atoms with Crippen LogP contribution in [-0.4, -0.2) is 27.6 Å². The Kier molecular flexibility index (Phi) is 12.0. The molecule has 5 aromatic carbocycles. The number of furan rings is 1. The molecule has 1 radical (unpaired) electrons. The molecule has 0 fully saturated rings. The molecule has 5 nitrogen and oxygen atoms in total. The molecule has 0 N–H and O–H groups in total. The van der Waals surface area contributed by atoms with Crippen LogP contribution in [0.15, 0.2) is 132 Å². The predicted octanol–water partition coefficient (Wildman–Crippen LogP) is 13.4. The Morgan fingerprint density at radius 2 is 1.41 bits per heavy atom. The summed E-state index contributed by atoms with van der Waals surface area (Å²) in [6, 6.07) is 47.1. The molecule has 9 rings (SSSR count). The number of nitrogens with zero attached hydrogens (tertiary/aromatic N) is 4. The molecule has 299 valence electrons. The van der Waals surface area contributed by atoms with Crippen molar-refractivity contribution in [2.24, 2.45) is 0 Å². The van der Waals surface area contributed by atoms with E-state index < -0.39 is 8.07 Å². The molecule has 4 aromatic heterocycles. The van der Waals surface area contributed by atoms with Gasteiger partial charge in [-0.2, -0.15) is 0 Å². The zero-order valence-corrected chi connectivity index (χ0v) is 38.7. The third-order valence-electron chi connectivity index (χ3n) is 10.9. The Hall–Kier alpha value is -5.46. The number of hydrogen-bond acceptors (Lipinski definition) is 4. The average molecular weight is 967 g/mol. The second-order valence-corrected chi connectivity index (χ2v) is 22.0. The molecule has 0 aliphatic heterocycles. The molecule has 7 heteroatoms. The Bertz CT molecular complexity index is 2860. The van der Waals surface area contributed by atoms with Gasteiger partial charge in [-0.05, 0) is 76.2 Å². The summed E-state index contributed by atoms with van der Waals surface area (Å²) in [5, 5.41) is 3.42. The molecular weight excluding hydrogens is 917 g/mol. The van der Waals surface area contributed by atoms with E-state index in [9.17, 15) is 0 Å². The van der Waals surface area contributed by atoms with Gasteiger partial charge >= 0.3 is 0 Å². The molecule has 0 aliphatic rings. The van der Waals surface area contributed by atoms with Gasteiger partial charge in [0.25, 0.3) is 0 Å². The van der Waals surface area contributed by atoms with Gasteiger partial charge in [-0.15, -0.1) is 53.6 Å². The second kappa shape index (κ2) is 17.0. The summed E-state index contributed by atoms with van der Waals surface area (Å²) in [5.41, 5.74) is 14.9. The van der Waals surface area contributed by atoms with E-state index >= 15 is 0 Å². The summed E-state index contributed by atoms with van der Waals surface area (Å²) in [5.74, 6) is 1.41. The van der Waals surface area contributed by atoms with Crippen molar-refractivity contribution in [2.75, 3.05) is 0 Å². The van der Waals surface area contributed by atoms with Gasteiger partial charge in [0.15, 0.2) is 0 Å². The quantitative estimate of drug-likeness (QED) is 0.118. The van der Waals surface area contributed by atoms with Crippen LogP contribution in [0, 0.1) is 26.0 Å². The van der Waals surface area contributed by atoms with Crippen molar-refractivity contribution in [3.63, 3.8) is 0 Å². The summed E-state index contributed by atoms with van der Waals surface area (Å²) >= 11 is 0. The van der Waals surface area contributed by atoms with Gasteiger partial charge < -0.3 is 14.0 Å². The maximum Gasteiger partial charge on any atom is 0.124 e. The van der Waals surface area contributed by atoms with Crippen LogP contribution in [0.25, 0.3) is 72.4 Å². The number of pyridine rings is 2. The first-order chi connectivity index (χ1) is 27.9. The standard InChI is InChI=1S/C37H32N3O.C15H18NSi.Ir/c1-22(2)29-19-26(25-12-7-6-8-13-25)20-30(23(3)4)35(29)40-33-17-10-9-16-32(33)39-37(40)28-15-11-14-27-31-21-38-24(5)18-34(31)41-36(27)28;1-12-5-7-13(8-6-12)15-10-9-14(11-16-15)17(2,3)4;/h6-14,16-23H,1-5H3;5-7,9-11H,1-4H3;/q2*-1;. The molecule has 0 bridgehead atoms. The van der Waals surface area contributed by atoms with Crippen LogP contribution in [0.4, 0.5) is 0 Å². The number of para-hydroxylation sites is 2. The van der Waals surface area contributed by atoms with Gasteiger partial charge in [-0.1, -0.05) is 120 Å². The summed E-state index contributed by atoms with van der Waals surface area (Å²) in [6.45, 7) is 20.2. The van der Waals surface area contributed by atoms with Crippen LogP contribution in [-0.2, 0) is 20.1 Å². The fraction of sp³-hybridized carbons (Fsp3) is 0.212. The summed E-state index contributed by atoms with van der Waals surface area (Å²) in [7, 11) is -1.24. The molecule has 0 amide bonds.